The third-order valence-electron chi connectivity index (χ3n) is 3.21. The first-order valence-corrected chi connectivity index (χ1v) is 7.51. The highest BCUT2D eigenvalue weighted by Gasteiger charge is 2.02. The number of rotatable bonds is 6. The summed E-state index contributed by atoms with van der Waals surface area (Å²) in [6.45, 7) is -0.216. The highest BCUT2D eigenvalue weighted by Crippen LogP contribution is 2.10. The molecule has 0 unspecified atom stereocenters. The van der Waals surface area contributed by atoms with Crippen LogP contribution in [0.5, 0.6) is 5.75 Å². The molecule has 0 saturated carbocycles. The molecule has 25 heavy (non-hydrogen) atoms. The number of amides is 1. The fourth-order valence-corrected chi connectivity index (χ4v) is 2.02. The molecule has 0 spiro atoms. The number of carbonyl (C=O) groups excluding carboxylic acids is 1. The van der Waals surface area contributed by atoms with E-state index < -0.39 is 5.91 Å². The molecular weight excluding hydrogens is 323 g/mol. The lowest BCUT2D eigenvalue weighted by molar-refractivity contribution is -0.123. The maximum atomic E-state index is 12.8. The molecule has 7 heteroatoms. The average molecular weight is 338 g/mol. The molecule has 0 saturated heterocycles. The number of hydrogen-bond acceptors (Lipinski definition) is 4. The second kappa shape index (κ2) is 7.87. The number of nitrogens with one attached hydrogen (secondary N) is 1. The van der Waals surface area contributed by atoms with Gasteiger partial charge in [-0.15, -0.1) is 0 Å². The van der Waals surface area contributed by atoms with Crippen LogP contribution in [0.3, 0.4) is 0 Å². The van der Waals surface area contributed by atoms with E-state index in [1.165, 1.54) is 30.5 Å². The smallest absolute Gasteiger partial charge is 0.277 e. The van der Waals surface area contributed by atoms with Crippen molar-refractivity contribution in [3.05, 3.63) is 78.4 Å². The third-order valence-corrected chi connectivity index (χ3v) is 3.21. The Morgan fingerprint density at radius 1 is 1.20 bits per heavy atom. The molecule has 1 aromatic heterocycles. The Morgan fingerprint density at radius 3 is 2.72 bits per heavy atom. The van der Waals surface area contributed by atoms with Crippen LogP contribution in [0, 0.1) is 5.82 Å². The van der Waals surface area contributed by atoms with Crippen molar-refractivity contribution in [2.45, 2.75) is 0 Å². The number of ether oxygens (including phenoxy) is 1. The molecule has 0 atom stereocenters. The number of carbonyl (C=O) groups is 1. The number of hydrazone groups is 1. The summed E-state index contributed by atoms with van der Waals surface area (Å²) in [5, 5.41) is 8.08. The molecule has 0 fully saturated rings. The number of hydrogen-bond donors (Lipinski definition) is 1. The molecule has 0 aliphatic carbocycles. The van der Waals surface area contributed by atoms with Gasteiger partial charge in [0.25, 0.3) is 5.91 Å². The molecule has 0 radical (unpaired) electrons. The summed E-state index contributed by atoms with van der Waals surface area (Å²) in [4.78, 5) is 11.7. The molecule has 3 aromatic rings. The number of benzene rings is 2. The van der Waals surface area contributed by atoms with Gasteiger partial charge < -0.3 is 4.74 Å². The van der Waals surface area contributed by atoms with Gasteiger partial charge in [0.05, 0.1) is 18.1 Å². The van der Waals surface area contributed by atoms with Gasteiger partial charge in [-0.3, -0.25) is 4.79 Å². The van der Waals surface area contributed by atoms with Crippen LogP contribution in [0.1, 0.15) is 5.56 Å². The van der Waals surface area contributed by atoms with Crippen LogP contribution in [-0.2, 0) is 4.79 Å². The number of para-hydroxylation sites is 1. The Balaban J connectivity index is 1.48. The van der Waals surface area contributed by atoms with E-state index in [9.17, 15) is 9.18 Å². The Hall–Kier alpha value is -3.48. The minimum absolute atomic E-state index is 0.216. The van der Waals surface area contributed by atoms with Gasteiger partial charge >= 0.3 is 0 Å². The molecule has 1 N–H and O–H groups in total. The molecule has 1 amide bonds. The lowest BCUT2D eigenvalue weighted by atomic mass is 10.3. The highest BCUT2D eigenvalue weighted by atomic mass is 19.1. The fraction of sp³-hybridized carbons (Fsp3) is 0.0556. The maximum absolute atomic E-state index is 12.8. The number of aromatic nitrogens is 2. The number of halogens is 1. The van der Waals surface area contributed by atoms with E-state index in [0.29, 0.717) is 5.75 Å². The summed E-state index contributed by atoms with van der Waals surface area (Å²) in [7, 11) is 0. The standard InChI is InChI=1S/C18H15FN4O2/c19-15-6-8-17(9-7-15)25-13-18(24)22-20-10-14-11-21-23(12-14)16-4-2-1-3-5-16/h1-12H,13H2,(H,22,24)/b20-10-. The Labute approximate surface area is 143 Å². The van der Waals surface area contributed by atoms with Crippen molar-refractivity contribution in [3.63, 3.8) is 0 Å². The normalized spacial score (nSPS) is 10.8. The summed E-state index contributed by atoms with van der Waals surface area (Å²) in [5.41, 5.74) is 4.03. The molecule has 1 heterocycles. The average Bonchev–Trinajstić information content (AvgIpc) is 3.11. The first kappa shape index (κ1) is 16.4. The molecule has 126 valence electrons. The van der Waals surface area contributed by atoms with Gasteiger partial charge in [0.15, 0.2) is 6.61 Å². The van der Waals surface area contributed by atoms with Gasteiger partial charge in [-0.1, -0.05) is 18.2 Å². The van der Waals surface area contributed by atoms with E-state index in [-0.39, 0.29) is 12.4 Å². The maximum Gasteiger partial charge on any atom is 0.277 e. The molecule has 0 bridgehead atoms. The van der Waals surface area contributed by atoms with Crippen LogP contribution < -0.4 is 10.2 Å². The SMILES string of the molecule is O=C(COc1ccc(F)cc1)N/N=C\c1cnn(-c2ccccc2)c1. The van der Waals surface area contributed by atoms with Gasteiger partial charge in [0.2, 0.25) is 0 Å². The van der Waals surface area contributed by atoms with Crippen LogP contribution >= 0.6 is 0 Å². The zero-order chi connectivity index (χ0) is 17.5. The largest absolute Gasteiger partial charge is 0.484 e. The predicted molar refractivity (Wildman–Crippen MR) is 91.2 cm³/mol. The zero-order valence-electron chi connectivity index (χ0n) is 13.2. The molecule has 0 aliphatic heterocycles. The monoisotopic (exact) mass is 338 g/mol. The van der Waals surface area contributed by atoms with Crippen LogP contribution in [0.15, 0.2) is 72.1 Å². The van der Waals surface area contributed by atoms with Crippen molar-refractivity contribution < 1.29 is 13.9 Å². The van der Waals surface area contributed by atoms with Crippen LogP contribution in [0.25, 0.3) is 5.69 Å². The molecule has 0 aliphatic rings. The minimum atomic E-state index is -0.420. The van der Waals surface area contributed by atoms with E-state index in [0.717, 1.165) is 11.3 Å². The van der Waals surface area contributed by atoms with Crippen LogP contribution in [0.4, 0.5) is 4.39 Å². The topological polar surface area (TPSA) is 68.5 Å². The van der Waals surface area contributed by atoms with Gasteiger partial charge in [-0.2, -0.15) is 10.2 Å². The lowest BCUT2D eigenvalue weighted by Crippen LogP contribution is -2.24. The Bertz CT molecular complexity index is 860. The summed E-state index contributed by atoms with van der Waals surface area (Å²) in [5.74, 6) is -0.377. The van der Waals surface area contributed by atoms with Crippen molar-refractivity contribution in [1.29, 1.82) is 0 Å². The summed E-state index contributed by atoms with van der Waals surface area (Å²) in [6, 6.07) is 15.1. The van der Waals surface area contributed by atoms with Gasteiger partial charge in [0, 0.05) is 11.8 Å². The second-order valence-corrected chi connectivity index (χ2v) is 5.09. The lowest BCUT2D eigenvalue weighted by Gasteiger charge is -2.04. The van der Waals surface area contributed by atoms with E-state index in [2.05, 4.69) is 15.6 Å². The molecular formula is C18H15FN4O2. The van der Waals surface area contributed by atoms with Crippen molar-refractivity contribution in [3.8, 4) is 11.4 Å². The first-order chi connectivity index (χ1) is 12.2. The van der Waals surface area contributed by atoms with Crippen molar-refractivity contribution in [2.24, 2.45) is 5.10 Å². The summed E-state index contributed by atoms with van der Waals surface area (Å²) < 4.78 is 19.7. The first-order valence-electron chi connectivity index (χ1n) is 7.51. The Kier molecular flexibility index (Phi) is 5.16. The quantitative estimate of drug-likeness (QED) is 0.555. The van der Waals surface area contributed by atoms with Gasteiger partial charge in [-0.05, 0) is 36.4 Å². The number of nitrogens with zero attached hydrogens (tertiary/aromatic N) is 3. The van der Waals surface area contributed by atoms with Crippen molar-refractivity contribution in [1.82, 2.24) is 15.2 Å². The molecule has 6 nitrogen and oxygen atoms in total. The van der Waals surface area contributed by atoms with Crippen molar-refractivity contribution in [2.75, 3.05) is 6.61 Å². The van der Waals surface area contributed by atoms with E-state index in [1.807, 2.05) is 30.3 Å². The highest BCUT2D eigenvalue weighted by molar-refractivity contribution is 5.82. The van der Waals surface area contributed by atoms with Gasteiger partial charge in [0.1, 0.15) is 11.6 Å². The predicted octanol–water partition coefficient (Wildman–Crippen LogP) is 2.54. The summed E-state index contributed by atoms with van der Waals surface area (Å²) >= 11 is 0. The van der Waals surface area contributed by atoms with E-state index >= 15 is 0 Å². The molecule has 2 aromatic carbocycles. The second-order valence-electron chi connectivity index (χ2n) is 5.09. The molecule has 3 rings (SSSR count). The van der Waals surface area contributed by atoms with Crippen LogP contribution in [0.2, 0.25) is 0 Å². The van der Waals surface area contributed by atoms with E-state index in [1.54, 1.807) is 17.1 Å². The van der Waals surface area contributed by atoms with Crippen molar-refractivity contribution >= 4 is 12.1 Å². The van der Waals surface area contributed by atoms with Crippen LogP contribution in [-0.4, -0.2) is 28.5 Å². The minimum Gasteiger partial charge on any atom is -0.484 e. The van der Waals surface area contributed by atoms with E-state index in [4.69, 9.17) is 4.74 Å². The zero-order valence-corrected chi connectivity index (χ0v) is 13.2. The summed E-state index contributed by atoms with van der Waals surface area (Å²) in [6.07, 6.45) is 4.92. The van der Waals surface area contributed by atoms with Gasteiger partial charge in [-0.25, -0.2) is 14.5 Å². The fourth-order valence-electron chi connectivity index (χ4n) is 2.02. The Morgan fingerprint density at radius 2 is 1.96 bits per heavy atom. The third kappa shape index (κ3) is 4.74.